The molecule has 13 heavy (non-hydrogen) atoms. The van der Waals surface area contributed by atoms with Crippen LogP contribution in [-0.4, -0.2) is 29.1 Å². The lowest BCUT2D eigenvalue weighted by Crippen LogP contribution is -2.41. The highest BCUT2D eigenvalue weighted by molar-refractivity contribution is 5.88. The van der Waals surface area contributed by atoms with E-state index in [2.05, 4.69) is 5.92 Å². The molecule has 1 aliphatic carbocycles. The van der Waals surface area contributed by atoms with Crippen molar-refractivity contribution in [1.29, 1.82) is 0 Å². The van der Waals surface area contributed by atoms with E-state index < -0.39 is 5.67 Å². The van der Waals surface area contributed by atoms with Gasteiger partial charge in [-0.15, -0.1) is 6.42 Å². The molecule has 0 spiro atoms. The summed E-state index contributed by atoms with van der Waals surface area (Å²) in [6, 6.07) is -0.166. The zero-order valence-electron chi connectivity index (χ0n) is 7.42. The van der Waals surface area contributed by atoms with Crippen LogP contribution < -0.4 is 0 Å². The van der Waals surface area contributed by atoms with Gasteiger partial charge in [0.15, 0.2) is 5.67 Å². The van der Waals surface area contributed by atoms with Crippen molar-refractivity contribution in [2.75, 3.05) is 6.54 Å². The topological polar surface area (TPSA) is 20.3 Å². The summed E-state index contributed by atoms with van der Waals surface area (Å²) in [4.78, 5) is 13.1. The first-order valence-electron chi connectivity index (χ1n) is 4.63. The smallest absolute Gasteiger partial charge is 0.261 e. The van der Waals surface area contributed by atoms with Crippen LogP contribution in [0.3, 0.4) is 0 Å². The van der Waals surface area contributed by atoms with Crippen LogP contribution in [0.25, 0.3) is 0 Å². The second kappa shape index (κ2) is 2.73. The number of hydrogen-bond donors (Lipinski definition) is 0. The Hall–Kier alpha value is -1.04. The Balaban J connectivity index is 2.08. The monoisotopic (exact) mass is 181 g/mol. The Kier molecular flexibility index (Phi) is 1.80. The highest BCUT2D eigenvalue weighted by Gasteiger charge is 2.54. The molecule has 2 fully saturated rings. The predicted molar refractivity (Wildman–Crippen MR) is 46.6 cm³/mol. The van der Waals surface area contributed by atoms with Crippen LogP contribution in [0.1, 0.15) is 25.7 Å². The third-order valence-corrected chi connectivity index (χ3v) is 2.78. The molecule has 0 bridgehead atoms. The van der Waals surface area contributed by atoms with Gasteiger partial charge in [0.25, 0.3) is 5.91 Å². The van der Waals surface area contributed by atoms with E-state index in [4.69, 9.17) is 6.42 Å². The van der Waals surface area contributed by atoms with Gasteiger partial charge in [0.05, 0.1) is 6.04 Å². The van der Waals surface area contributed by atoms with Gasteiger partial charge >= 0.3 is 0 Å². The standard InChI is InChI=1S/C10H12FNO/c1-2-8-4-3-7-12(8)9(13)10(11)5-6-10/h1,8H,3-7H2/t8-/m0/s1. The first-order chi connectivity index (χ1) is 6.17. The molecule has 1 atom stereocenters. The van der Waals surface area contributed by atoms with Crippen LogP contribution in [0.2, 0.25) is 0 Å². The molecule has 0 radical (unpaired) electrons. The minimum Gasteiger partial charge on any atom is -0.326 e. The Morgan fingerprint density at radius 3 is 2.85 bits per heavy atom. The number of amides is 1. The highest BCUT2D eigenvalue weighted by Crippen LogP contribution is 2.42. The fourth-order valence-electron chi connectivity index (χ4n) is 1.76. The van der Waals surface area contributed by atoms with E-state index in [0.29, 0.717) is 19.4 Å². The molecule has 0 N–H and O–H groups in total. The van der Waals surface area contributed by atoms with E-state index in [1.54, 1.807) is 0 Å². The van der Waals surface area contributed by atoms with Crippen molar-refractivity contribution in [3.05, 3.63) is 0 Å². The van der Waals surface area contributed by atoms with Crippen LogP contribution in [0.4, 0.5) is 4.39 Å². The number of nitrogens with zero attached hydrogens (tertiary/aromatic N) is 1. The van der Waals surface area contributed by atoms with Crippen LogP contribution >= 0.6 is 0 Å². The maximum absolute atomic E-state index is 13.4. The van der Waals surface area contributed by atoms with Crippen molar-refractivity contribution in [3.63, 3.8) is 0 Å². The summed E-state index contributed by atoms with van der Waals surface area (Å²) >= 11 is 0. The molecular weight excluding hydrogens is 169 g/mol. The number of carbonyl (C=O) groups is 1. The van der Waals surface area contributed by atoms with E-state index in [1.165, 1.54) is 4.90 Å². The van der Waals surface area contributed by atoms with Crippen molar-refractivity contribution in [2.24, 2.45) is 0 Å². The van der Waals surface area contributed by atoms with Gasteiger partial charge in [-0.3, -0.25) is 4.79 Å². The SMILES string of the molecule is C#C[C@H]1CCCN1C(=O)C1(F)CC1. The molecule has 1 saturated heterocycles. The largest absolute Gasteiger partial charge is 0.326 e. The zero-order chi connectivity index (χ0) is 9.47. The van der Waals surface area contributed by atoms with Crippen molar-refractivity contribution in [3.8, 4) is 12.3 Å². The van der Waals surface area contributed by atoms with Gasteiger partial charge in [0.2, 0.25) is 0 Å². The molecule has 2 aliphatic rings. The first kappa shape index (κ1) is 8.55. The molecule has 1 saturated carbocycles. The second-order valence-electron chi connectivity index (χ2n) is 3.79. The Labute approximate surface area is 77.1 Å². The van der Waals surface area contributed by atoms with E-state index in [0.717, 1.165) is 12.8 Å². The maximum Gasteiger partial charge on any atom is 0.261 e. The lowest BCUT2D eigenvalue weighted by Gasteiger charge is -2.22. The number of hydrogen-bond acceptors (Lipinski definition) is 1. The molecular formula is C10H12FNO. The number of alkyl halides is 1. The van der Waals surface area contributed by atoms with Gasteiger partial charge in [-0.05, 0) is 25.7 Å². The Bertz CT molecular complexity index is 277. The summed E-state index contributed by atoms with van der Waals surface area (Å²) < 4.78 is 13.4. The van der Waals surface area contributed by atoms with E-state index in [1.807, 2.05) is 0 Å². The van der Waals surface area contributed by atoms with Crippen molar-refractivity contribution in [1.82, 2.24) is 4.90 Å². The lowest BCUT2D eigenvalue weighted by molar-refractivity contribution is -0.138. The van der Waals surface area contributed by atoms with Gasteiger partial charge < -0.3 is 4.90 Å². The zero-order valence-corrected chi connectivity index (χ0v) is 7.42. The van der Waals surface area contributed by atoms with Crippen LogP contribution in [0.15, 0.2) is 0 Å². The number of terminal acetylenes is 1. The van der Waals surface area contributed by atoms with Crippen molar-refractivity contribution >= 4 is 5.91 Å². The van der Waals surface area contributed by atoms with Gasteiger partial charge in [-0.2, -0.15) is 0 Å². The molecule has 2 rings (SSSR count). The molecule has 1 amide bonds. The number of carbonyl (C=O) groups excluding carboxylic acids is 1. The molecule has 0 aromatic rings. The normalized spacial score (nSPS) is 29.8. The maximum atomic E-state index is 13.4. The van der Waals surface area contributed by atoms with Gasteiger partial charge in [-0.1, -0.05) is 5.92 Å². The molecule has 2 nitrogen and oxygen atoms in total. The molecule has 0 aromatic carbocycles. The van der Waals surface area contributed by atoms with Crippen LogP contribution in [-0.2, 0) is 4.79 Å². The fraction of sp³-hybridized carbons (Fsp3) is 0.700. The van der Waals surface area contributed by atoms with Gasteiger partial charge in [0.1, 0.15) is 0 Å². The quantitative estimate of drug-likeness (QED) is 0.555. The van der Waals surface area contributed by atoms with E-state index in [-0.39, 0.29) is 11.9 Å². The minimum atomic E-state index is -1.56. The highest BCUT2D eigenvalue weighted by atomic mass is 19.1. The summed E-state index contributed by atoms with van der Waals surface area (Å²) in [5.41, 5.74) is -1.56. The Morgan fingerprint density at radius 2 is 2.31 bits per heavy atom. The second-order valence-corrected chi connectivity index (χ2v) is 3.79. The molecule has 1 heterocycles. The van der Waals surface area contributed by atoms with Crippen LogP contribution in [0.5, 0.6) is 0 Å². The average molecular weight is 181 g/mol. The number of rotatable bonds is 1. The van der Waals surface area contributed by atoms with Crippen molar-refractivity contribution in [2.45, 2.75) is 37.4 Å². The molecule has 3 heteroatoms. The van der Waals surface area contributed by atoms with Crippen molar-refractivity contribution < 1.29 is 9.18 Å². The molecule has 0 unspecified atom stereocenters. The third kappa shape index (κ3) is 1.31. The number of halogens is 1. The number of likely N-dealkylation sites (tertiary alicyclic amines) is 1. The van der Waals surface area contributed by atoms with Crippen LogP contribution in [0, 0.1) is 12.3 Å². The fourth-order valence-corrected chi connectivity index (χ4v) is 1.76. The summed E-state index contributed by atoms with van der Waals surface area (Å²) in [6.07, 6.45) is 7.73. The summed E-state index contributed by atoms with van der Waals surface area (Å²) in [5.74, 6) is 2.15. The lowest BCUT2D eigenvalue weighted by atomic mass is 10.2. The third-order valence-electron chi connectivity index (χ3n) is 2.78. The van der Waals surface area contributed by atoms with Gasteiger partial charge in [0, 0.05) is 6.54 Å². The van der Waals surface area contributed by atoms with E-state index >= 15 is 0 Å². The summed E-state index contributed by atoms with van der Waals surface area (Å²) in [5, 5.41) is 0. The van der Waals surface area contributed by atoms with Gasteiger partial charge in [-0.25, -0.2) is 4.39 Å². The average Bonchev–Trinajstić information content (AvgIpc) is 2.71. The Morgan fingerprint density at radius 1 is 1.62 bits per heavy atom. The summed E-state index contributed by atoms with van der Waals surface area (Å²) in [7, 11) is 0. The summed E-state index contributed by atoms with van der Waals surface area (Å²) in [6.45, 7) is 0.624. The molecule has 0 aromatic heterocycles. The molecule has 1 aliphatic heterocycles. The van der Waals surface area contributed by atoms with E-state index in [9.17, 15) is 9.18 Å². The molecule has 70 valence electrons. The minimum absolute atomic E-state index is 0.166. The first-order valence-corrected chi connectivity index (χ1v) is 4.63. The predicted octanol–water partition coefficient (Wildman–Crippen LogP) is 1.11.